The Hall–Kier alpha value is -1.42. The second kappa shape index (κ2) is 4.35. The Balaban J connectivity index is 1.73. The van der Waals surface area contributed by atoms with Crippen molar-refractivity contribution < 1.29 is 9.18 Å². The van der Waals surface area contributed by atoms with Crippen LogP contribution in [0, 0.1) is 18.7 Å². The van der Waals surface area contributed by atoms with Gasteiger partial charge in [-0.2, -0.15) is 0 Å². The molecule has 2 N–H and O–H groups in total. The fraction of sp³-hybridized carbons (Fsp3) is 0.500. The second-order valence-electron chi connectivity index (χ2n) is 5.29. The van der Waals surface area contributed by atoms with Gasteiger partial charge in [0.05, 0.1) is 5.92 Å². The molecule has 0 saturated carbocycles. The topological polar surface area (TPSA) is 41.1 Å². The molecule has 1 aromatic rings. The maximum absolute atomic E-state index is 13.4. The van der Waals surface area contributed by atoms with Gasteiger partial charge < -0.3 is 10.6 Å². The van der Waals surface area contributed by atoms with Crippen molar-refractivity contribution in [2.24, 2.45) is 5.92 Å². The van der Waals surface area contributed by atoms with Gasteiger partial charge in [0.25, 0.3) is 0 Å². The third-order valence-corrected chi connectivity index (χ3v) is 4.16. The van der Waals surface area contributed by atoms with Gasteiger partial charge in [0.2, 0.25) is 5.91 Å². The summed E-state index contributed by atoms with van der Waals surface area (Å²) in [4.78, 5) is 12.2. The van der Waals surface area contributed by atoms with Crippen molar-refractivity contribution in [1.82, 2.24) is 5.32 Å². The Morgan fingerprint density at radius 3 is 2.94 bits per heavy atom. The van der Waals surface area contributed by atoms with Crippen molar-refractivity contribution in [3.63, 3.8) is 0 Å². The van der Waals surface area contributed by atoms with Crippen LogP contribution in [-0.4, -0.2) is 18.0 Å². The predicted molar refractivity (Wildman–Crippen MR) is 67.8 cm³/mol. The van der Waals surface area contributed by atoms with Crippen molar-refractivity contribution in [2.75, 3.05) is 5.32 Å². The Bertz CT molecular complexity index is 489. The molecule has 3 nitrogen and oxygen atoms in total. The molecule has 2 aliphatic heterocycles. The molecule has 3 rings (SSSR count). The summed E-state index contributed by atoms with van der Waals surface area (Å²) in [5.74, 6) is -0.228. The molecule has 96 valence electrons. The number of nitrogens with one attached hydrogen (secondary N) is 2. The zero-order chi connectivity index (χ0) is 12.7. The van der Waals surface area contributed by atoms with Gasteiger partial charge in [0.15, 0.2) is 0 Å². The number of carbonyl (C=O) groups excluding carboxylic acids is 1. The minimum atomic E-state index is -0.279. The van der Waals surface area contributed by atoms with E-state index in [2.05, 4.69) is 10.6 Å². The van der Waals surface area contributed by atoms with Gasteiger partial charge in [-0.25, -0.2) is 4.39 Å². The minimum absolute atomic E-state index is 0.0170. The SMILES string of the molecule is Cc1c(F)cccc1NC(=O)C1CC2CCC1N2. The van der Waals surface area contributed by atoms with Crippen LogP contribution in [0.3, 0.4) is 0 Å². The number of anilines is 1. The van der Waals surface area contributed by atoms with E-state index < -0.39 is 0 Å². The summed E-state index contributed by atoms with van der Waals surface area (Å²) in [5.41, 5.74) is 1.09. The predicted octanol–water partition coefficient (Wildman–Crippen LogP) is 2.21. The number of benzene rings is 1. The van der Waals surface area contributed by atoms with Crippen molar-refractivity contribution in [2.45, 2.75) is 38.3 Å². The Morgan fingerprint density at radius 1 is 1.44 bits per heavy atom. The van der Waals surface area contributed by atoms with Gasteiger partial charge in [0, 0.05) is 23.3 Å². The maximum atomic E-state index is 13.4. The van der Waals surface area contributed by atoms with E-state index in [-0.39, 0.29) is 17.6 Å². The molecule has 2 saturated heterocycles. The maximum Gasteiger partial charge on any atom is 0.229 e. The third-order valence-electron chi connectivity index (χ3n) is 4.16. The first kappa shape index (κ1) is 11.7. The zero-order valence-corrected chi connectivity index (χ0v) is 10.4. The molecule has 18 heavy (non-hydrogen) atoms. The first-order valence-corrected chi connectivity index (χ1v) is 6.47. The van der Waals surface area contributed by atoms with Crippen molar-refractivity contribution in [3.8, 4) is 0 Å². The second-order valence-corrected chi connectivity index (χ2v) is 5.29. The average molecular weight is 248 g/mol. The number of rotatable bonds is 2. The van der Waals surface area contributed by atoms with Gasteiger partial charge in [0.1, 0.15) is 5.82 Å². The highest BCUT2D eigenvalue weighted by Crippen LogP contribution is 2.34. The normalized spacial score (nSPS) is 29.6. The van der Waals surface area contributed by atoms with Crippen molar-refractivity contribution in [3.05, 3.63) is 29.6 Å². The fourth-order valence-corrected chi connectivity index (χ4v) is 3.08. The Morgan fingerprint density at radius 2 is 2.28 bits per heavy atom. The van der Waals surface area contributed by atoms with Crippen molar-refractivity contribution in [1.29, 1.82) is 0 Å². The van der Waals surface area contributed by atoms with E-state index >= 15 is 0 Å². The first-order chi connectivity index (χ1) is 8.65. The van der Waals surface area contributed by atoms with Crippen LogP contribution in [0.5, 0.6) is 0 Å². The smallest absolute Gasteiger partial charge is 0.229 e. The summed E-state index contributed by atoms with van der Waals surface area (Å²) in [6, 6.07) is 5.58. The van der Waals surface area contributed by atoms with Crippen LogP contribution in [0.1, 0.15) is 24.8 Å². The Kier molecular flexibility index (Phi) is 2.82. The number of hydrogen-bond acceptors (Lipinski definition) is 2. The lowest BCUT2D eigenvalue weighted by atomic mass is 9.88. The molecule has 3 unspecified atom stereocenters. The van der Waals surface area contributed by atoms with Crippen LogP contribution >= 0.6 is 0 Å². The fourth-order valence-electron chi connectivity index (χ4n) is 3.08. The molecule has 1 aromatic carbocycles. The highest BCUT2D eigenvalue weighted by atomic mass is 19.1. The van der Waals surface area contributed by atoms with Crippen LogP contribution in [0.15, 0.2) is 18.2 Å². The third kappa shape index (κ3) is 1.90. The summed E-state index contributed by atoms with van der Waals surface area (Å²) >= 11 is 0. The van der Waals surface area contributed by atoms with Gasteiger partial charge >= 0.3 is 0 Å². The van der Waals surface area contributed by atoms with Crippen LogP contribution < -0.4 is 10.6 Å². The quantitative estimate of drug-likeness (QED) is 0.842. The lowest BCUT2D eigenvalue weighted by Crippen LogP contribution is -2.33. The number of carbonyl (C=O) groups is 1. The number of amides is 1. The minimum Gasteiger partial charge on any atom is -0.325 e. The molecular formula is C14H17FN2O. The molecule has 0 aliphatic carbocycles. The van der Waals surface area contributed by atoms with Crippen LogP contribution in [0.25, 0.3) is 0 Å². The molecule has 2 aliphatic rings. The summed E-state index contributed by atoms with van der Waals surface area (Å²) in [5, 5.41) is 6.29. The van der Waals surface area contributed by atoms with E-state index in [9.17, 15) is 9.18 Å². The zero-order valence-electron chi connectivity index (χ0n) is 10.4. The van der Waals surface area contributed by atoms with E-state index in [4.69, 9.17) is 0 Å². The molecular weight excluding hydrogens is 231 g/mol. The largest absolute Gasteiger partial charge is 0.325 e. The highest BCUT2D eigenvalue weighted by Gasteiger charge is 2.42. The van der Waals surface area contributed by atoms with E-state index in [1.165, 1.54) is 12.5 Å². The standard InChI is InChI=1S/C14H17FN2O/c1-8-11(15)3-2-4-12(8)17-14(18)10-7-9-5-6-13(10)16-9/h2-4,9-10,13,16H,5-7H2,1H3,(H,17,18). The van der Waals surface area contributed by atoms with E-state index in [0.29, 0.717) is 23.3 Å². The summed E-state index contributed by atoms with van der Waals surface area (Å²) in [6.45, 7) is 1.68. The molecule has 2 fully saturated rings. The van der Waals surface area contributed by atoms with Gasteiger partial charge in [-0.3, -0.25) is 4.79 Å². The van der Waals surface area contributed by atoms with Crippen LogP contribution in [0.2, 0.25) is 0 Å². The summed E-state index contributed by atoms with van der Waals surface area (Å²) in [6.07, 6.45) is 3.16. The van der Waals surface area contributed by atoms with Gasteiger partial charge in [-0.1, -0.05) is 6.07 Å². The number of fused-ring (bicyclic) bond motifs is 2. The number of halogens is 1. The highest BCUT2D eigenvalue weighted by molar-refractivity contribution is 5.94. The molecule has 0 spiro atoms. The lowest BCUT2D eigenvalue weighted by molar-refractivity contribution is -0.120. The lowest BCUT2D eigenvalue weighted by Gasteiger charge is -2.20. The van der Waals surface area contributed by atoms with Crippen LogP contribution in [0.4, 0.5) is 10.1 Å². The molecule has 2 heterocycles. The van der Waals surface area contributed by atoms with Crippen molar-refractivity contribution >= 4 is 11.6 Å². The molecule has 3 atom stereocenters. The molecule has 2 bridgehead atoms. The van der Waals surface area contributed by atoms with Gasteiger partial charge in [-0.15, -0.1) is 0 Å². The molecule has 0 aromatic heterocycles. The molecule has 0 radical (unpaired) electrons. The molecule has 1 amide bonds. The van der Waals surface area contributed by atoms with E-state index in [1.54, 1.807) is 19.1 Å². The summed E-state index contributed by atoms with van der Waals surface area (Å²) in [7, 11) is 0. The monoisotopic (exact) mass is 248 g/mol. The summed E-state index contributed by atoms with van der Waals surface area (Å²) < 4.78 is 13.4. The Labute approximate surface area is 106 Å². The van der Waals surface area contributed by atoms with Gasteiger partial charge in [-0.05, 0) is 38.3 Å². The average Bonchev–Trinajstić information content (AvgIpc) is 2.97. The first-order valence-electron chi connectivity index (χ1n) is 6.47. The van der Waals surface area contributed by atoms with E-state index in [1.807, 2.05) is 0 Å². The number of hydrogen-bond donors (Lipinski definition) is 2. The molecule has 4 heteroatoms. The van der Waals surface area contributed by atoms with E-state index in [0.717, 1.165) is 12.8 Å². The van der Waals surface area contributed by atoms with Crippen LogP contribution in [-0.2, 0) is 4.79 Å².